The van der Waals surface area contributed by atoms with Crippen molar-refractivity contribution in [1.82, 2.24) is 0 Å². The van der Waals surface area contributed by atoms with Crippen LogP contribution in [-0.2, 0) is 0 Å². The number of aryl methyl sites for hydroxylation is 3. The van der Waals surface area contributed by atoms with E-state index in [-0.39, 0.29) is 6.67 Å². The van der Waals surface area contributed by atoms with Crippen LogP contribution >= 0.6 is 0 Å². The molecular weight excluding hydrogens is 187 g/mol. The maximum atomic E-state index is 11.8. The van der Waals surface area contributed by atoms with Gasteiger partial charge >= 0.3 is 0 Å². The highest BCUT2D eigenvalue weighted by Gasteiger charge is 1.99. The Morgan fingerprint density at radius 2 is 1.80 bits per heavy atom. The van der Waals surface area contributed by atoms with Gasteiger partial charge in [0.15, 0.2) is 0 Å². The molecule has 0 saturated carbocycles. The zero-order valence-electron chi connectivity index (χ0n) is 9.60. The molecule has 0 spiro atoms. The van der Waals surface area contributed by atoms with E-state index >= 15 is 0 Å². The third kappa shape index (κ3) is 3.38. The molecule has 0 aliphatic carbocycles. The number of alkyl halides is 1. The molecule has 0 aliphatic rings. The van der Waals surface area contributed by atoms with Gasteiger partial charge in [-0.3, -0.25) is 4.39 Å². The Bertz CT molecular complexity index is 373. The molecule has 80 valence electrons. The molecule has 0 unspecified atom stereocenters. The molecule has 0 nitrogen and oxygen atoms in total. The Kier molecular flexibility index (Phi) is 4.33. The SMILES string of the molecule is Cc1cc(C)c(C=C=CCCF)c(C)c1. The minimum absolute atomic E-state index is 0.313. The first-order valence-electron chi connectivity index (χ1n) is 5.20. The Morgan fingerprint density at radius 1 is 1.20 bits per heavy atom. The number of hydrogen-bond acceptors (Lipinski definition) is 0. The molecule has 0 radical (unpaired) electrons. The quantitative estimate of drug-likeness (QED) is 0.649. The molecule has 1 aromatic rings. The molecular formula is C14H17F. The molecule has 0 aliphatic heterocycles. The lowest BCUT2D eigenvalue weighted by Crippen LogP contribution is -1.87. The van der Waals surface area contributed by atoms with Crippen molar-refractivity contribution in [2.75, 3.05) is 6.67 Å². The lowest BCUT2D eigenvalue weighted by Gasteiger charge is -2.05. The first-order chi connectivity index (χ1) is 7.15. The van der Waals surface area contributed by atoms with Crippen molar-refractivity contribution in [3.05, 3.63) is 46.2 Å². The maximum Gasteiger partial charge on any atom is 0.0934 e. The fourth-order valence-corrected chi connectivity index (χ4v) is 1.70. The van der Waals surface area contributed by atoms with Gasteiger partial charge < -0.3 is 0 Å². The molecule has 1 heteroatoms. The normalized spacial score (nSPS) is 9.60. The van der Waals surface area contributed by atoms with Crippen molar-refractivity contribution in [1.29, 1.82) is 0 Å². The van der Waals surface area contributed by atoms with Crippen LogP contribution in [0.1, 0.15) is 28.7 Å². The van der Waals surface area contributed by atoms with Gasteiger partial charge in [0.1, 0.15) is 0 Å². The molecule has 1 aromatic carbocycles. The number of allylic oxidation sites excluding steroid dienone is 1. The van der Waals surface area contributed by atoms with Gasteiger partial charge in [-0.1, -0.05) is 17.7 Å². The molecule has 0 saturated heterocycles. The largest absolute Gasteiger partial charge is 0.251 e. The van der Waals surface area contributed by atoms with Crippen LogP contribution in [0.5, 0.6) is 0 Å². The van der Waals surface area contributed by atoms with Gasteiger partial charge in [-0.05, 0) is 49.6 Å². The van der Waals surface area contributed by atoms with Crippen molar-refractivity contribution in [3.63, 3.8) is 0 Å². The van der Waals surface area contributed by atoms with Crippen LogP contribution in [-0.4, -0.2) is 6.67 Å². The highest BCUT2D eigenvalue weighted by molar-refractivity contribution is 5.58. The summed E-state index contributed by atoms with van der Waals surface area (Å²) in [6, 6.07) is 4.30. The second-order valence-corrected chi connectivity index (χ2v) is 3.81. The van der Waals surface area contributed by atoms with E-state index in [0.29, 0.717) is 6.42 Å². The van der Waals surface area contributed by atoms with E-state index in [2.05, 4.69) is 38.6 Å². The molecule has 0 bridgehead atoms. The fraction of sp³-hybridized carbons (Fsp3) is 0.357. The Morgan fingerprint density at radius 3 is 2.33 bits per heavy atom. The molecule has 0 fully saturated rings. The van der Waals surface area contributed by atoms with E-state index < -0.39 is 0 Å². The first-order valence-corrected chi connectivity index (χ1v) is 5.20. The van der Waals surface area contributed by atoms with Gasteiger partial charge in [-0.25, -0.2) is 0 Å². The molecule has 1 rings (SSSR count). The van der Waals surface area contributed by atoms with Gasteiger partial charge in [-0.15, -0.1) is 5.73 Å². The van der Waals surface area contributed by atoms with Crippen LogP contribution in [0.2, 0.25) is 0 Å². The van der Waals surface area contributed by atoms with Gasteiger partial charge in [0.05, 0.1) is 6.67 Å². The van der Waals surface area contributed by atoms with Gasteiger partial charge in [0.2, 0.25) is 0 Å². The number of halogens is 1. The van der Waals surface area contributed by atoms with Crippen LogP contribution in [0.4, 0.5) is 4.39 Å². The van der Waals surface area contributed by atoms with E-state index in [4.69, 9.17) is 0 Å². The summed E-state index contributed by atoms with van der Waals surface area (Å²) in [5.41, 5.74) is 7.97. The molecule has 0 amide bonds. The van der Waals surface area contributed by atoms with Crippen molar-refractivity contribution < 1.29 is 4.39 Å². The molecule has 0 aromatic heterocycles. The van der Waals surface area contributed by atoms with E-state index in [1.165, 1.54) is 22.3 Å². The van der Waals surface area contributed by atoms with Crippen molar-refractivity contribution >= 4 is 6.08 Å². The monoisotopic (exact) mass is 204 g/mol. The van der Waals surface area contributed by atoms with Crippen LogP contribution in [0.25, 0.3) is 6.08 Å². The predicted molar refractivity (Wildman–Crippen MR) is 63.8 cm³/mol. The summed E-state index contributed by atoms with van der Waals surface area (Å²) in [6.07, 6.45) is 4.11. The third-order valence-corrected chi connectivity index (χ3v) is 2.34. The maximum absolute atomic E-state index is 11.8. The average Bonchev–Trinajstić information content (AvgIpc) is 2.15. The summed E-state index contributed by atoms with van der Waals surface area (Å²) < 4.78 is 11.8. The van der Waals surface area contributed by atoms with Crippen LogP contribution < -0.4 is 0 Å². The lowest BCUT2D eigenvalue weighted by molar-refractivity contribution is 0.501. The summed E-state index contributed by atoms with van der Waals surface area (Å²) in [5, 5.41) is 0. The molecule has 15 heavy (non-hydrogen) atoms. The fourth-order valence-electron chi connectivity index (χ4n) is 1.70. The predicted octanol–water partition coefficient (Wildman–Crippen LogP) is 4.14. The highest BCUT2D eigenvalue weighted by atomic mass is 19.1. The van der Waals surface area contributed by atoms with E-state index in [1.54, 1.807) is 6.08 Å². The second-order valence-electron chi connectivity index (χ2n) is 3.81. The Labute approximate surface area is 91.1 Å². The first kappa shape index (κ1) is 11.7. The van der Waals surface area contributed by atoms with Crippen molar-refractivity contribution in [2.45, 2.75) is 27.2 Å². The summed E-state index contributed by atoms with van der Waals surface area (Å²) in [4.78, 5) is 0. The van der Waals surface area contributed by atoms with Crippen molar-refractivity contribution in [2.24, 2.45) is 0 Å². The second kappa shape index (κ2) is 5.53. The van der Waals surface area contributed by atoms with Crippen LogP contribution in [0, 0.1) is 20.8 Å². The standard InChI is InChI=1S/C14H17F/c1-11-9-12(2)14(13(3)10-11)7-5-4-6-8-15/h4,7,9-10H,6,8H2,1-3H3. The van der Waals surface area contributed by atoms with Gasteiger partial charge in [0, 0.05) is 6.42 Å². The minimum atomic E-state index is -0.313. The Hall–Kier alpha value is -1.33. The third-order valence-electron chi connectivity index (χ3n) is 2.34. The van der Waals surface area contributed by atoms with Crippen LogP contribution in [0.3, 0.4) is 0 Å². The number of hydrogen-bond donors (Lipinski definition) is 0. The Balaban J connectivity index is 3.00. The summed E-state index contributed by atoms with van der Waals surface area (Å²) in [5.74, 6) is 0. The zero-order chi connectivity index (χ0) is 11.3. The topological polar surface area (TPSA) is 0 Å². The van der Waals surface area contributed by atoms with Crippen molar-refractivity contribution in [3.8, 4) is 0 Å². The molecule has 0 N–H and O–H groups in total. The zero-order valence-corrected chi connectivity index (χ0v) is 9.60. The minimum Gasteiger partial charge on any atom is -0.251 e. The number of rotatable bonds is 3. The highest BCUT2D eigenvalue weighted by Crippen LogP contribution is 2.17. The van der Waals surface area contributed by atoms with E-state index in [9.17, 15) is 4.39 Å². The lowest BCUT2D eigenvalue weighted by atomic mass is 10.00. The summed E-state index contributed by atoms with van der Waals surface area (Å²) >= 11 is 0. The summed E-state index contributed by atoms with van der Waals surface area (Å²) in [6.45, 7) is 5.95. The average molecular weight is 204 g/mol. The van der Waals surface area contributed by atoms with Gasteiger partial charge in [0.25, 0.3) is 0 Å². The smallest absolute Gasteiger partial charge is 0.0934 e. The van der Waals surface area contributed by atoms with Gasteiger partial charge in [-0.2, -0.15) is 0 Å². The molecule has 0 atom stereocenters. The summed E-state index contributed by atoms with van der Waals surface area (Å²) in [7, 11) is 0. The van der Waals surface area contributed by atoms with E-state index in [0.717, 1.165) is 0 Å². The number of benzene rings is 1. The van der Waals surface area contributed by atoms with E-state index in [1.807, 2.05) is 6.08 Å². The molecule has 0 heterocycles. The van der Waals surface area contributed by atoms with Crippen LogP contribution in [0.15, 0.2) is 23.9 Å².